The molecule has 10 heavy (non-hydrogen) atoms. The molecule has 55 valence electrons. The van der Waals surface area contributed by atoms with E-state index in [1.807, 2.05) is 0 Å². The van der Waals surface area contributed by atoms with Crippen LogP contribution in [-0.2, 0) is 32.7 Å². The van der Waals surface area contributed by atoms with Gasteiger partial charge in [-0.3, -0.25) is 0 Å². The van der Waals surface area contributed by atoms with Crippen molar-refractivity contribution in [2.24, 2.45) is 11.8 Å². The van der Waals surface area contributed by atoms with Crippen LogP contribution in [-0.4, -0.2) is 6.54 Å². The number of rotatable bonds is 1. The third-order valence-electron chi connectivity index (χ3n) is 1.93. The summed E-state index contributed by atoms with van der Waals surface area (Å²) in [5.74, 6) is 0.922. The molecule has 0 aromatic rings. The van der Waals surface area contributed by atoms with Gasteiger partial charge in [0.15, 0.2) is 0 Å². The minimum absolute atomic E-state index is 0. The Morgan fingerprint density at radius 3 is 2.70 bits per heavy atom. The predicted molar refractivity (Wildman–Crippen MR) is 39.9 cm³/mol. The molecule has 0 fully saturated rings. The topological polar surface area (TPSA) is 23.8 Å². The molecule has 0 spiro atoms. The van der Waals surface area contributed by atoms with Crippen molar-refractivity contribution in [2.45, 2.75) is 12.8 Å². The van der Waals surface area contributed by atoms with Crippen LogP contribution in [0.3, 0.4) is 0 Å². The minimum atomic E-state index is 0. The van der Waals surface area contributed by atoms with Crippen LogP contribution in [0.15, 0.2) is 12.2 Å². The van der Waals surface area contributed by atoms with Crippen molar-refractivity contribution in [1.82, 2.24) is 0 Å². The molecule has 1 aliphatic carbocycles. The van der Waals surface area contributed by atoms with Gasteiger partial charge in [-0.2, -0.15) is 5.92 Å². The van der Waals surface area contributed by atoms with Gasteiger partial charge in [-0.1, -0.05) is 24.5 Å². The van der Waals surface area contributed by atoms with Gasteiger partial charge in [0.25, 0.3) is 0 Å². The molecule has 2 unspecified atom stereocenters. The molecule has 0 bridgehead atoms. The van der Waals surface area contributed by atoms with E-state index < -0.39 is 0 Å². The molecular formula is C8H13NY-2. The van der Waals surface area contributed by atoms with Gasteiger partial charge in [0, 0.05) is 32.7 Å². The average Bonchev–Trinajstić information content (AvgIpc) is 1.89. The summed E-state index contributed by atoms with van der Waals surface area (Å²) in [6.45, 7) is 4.48. The number of hydrogen-bond acceptors (Lipinski definition) is 0. The van der Waals surface area contributed by atoms with E-state index >= 15 is 0 Å². The van der Waals surface area contributed by atoms with Crippen molar-refractivity contribution >= 4 is 0 Å². The van der Waals surface area contributed by atoms with Gasteiger partial charge < -0.3 is 12.7 Å². The molecule has 0 heterocycles. The molecule has 2 heteroatoms. The normalized spacial score (nSPS) is 31.4. The molecule has 1 N–H and O–H groups in total. The molecular weight excluding hydrogens is 199 g/mol. The Morgan fingerprint density at radius 1 is 1.60 bits per heavy atom. The van der Waals surface area contributed by atoms with Gasteiger partial charge in [-0.15, -0.1) is 6.54 Å². The van der Waals surface area contributed by atoms with Crippen LogP contribution >= 0.6 is 0 Å². The van der Waals surface area contributed by atoms with Crippen LogP contribution in [0.5, 0.6) is 0 Å². The van der Waals surface area contributed by atoms with Crippen LogP contribution < -0.4 is 0 Å². The fraction of sp³-hybridized carbons (Fsp3) is 0.625. The smallest absolute Gasteiger partial charge is 0 e. The third-order valence-corrected chi connectivity index (χ3v) is 1.93. The van der Waals surface area contributed by atoms with E-state index in [1.54, 1.807) is 0 Å². The largest absolute Gasteiger partial charge is 0.677 e. The molecule has 0 aromatic heterocycles. The quantitative estimate of drug-likeness (QED) is 0.471. The standard InChI is InChI=1S/C8H13N.Y/c1-7-4-2-3-5-8(7)6-9;/h3,5,7-9H,1-2,4,6H2;/q-2;. The fourth-order valence-electron chi connectivity index (χ4n) is 1.19. The molecule has 1 rings (SSSR count). The Labute approximate surface area is 88.3 Å². The van der Waals surface area contributed by atoms with Crippen LogP contribution in [0, 0.1) is 18.8 Å². The summed E-state index contributed by atoms with van der Waals surface area (Å²) in [5.41, 5.74) is 7.14. The van der Waals surface area contributed by atoms with Gasteiger partial charge in [0.1, 0.15) is 0 Å². The summed E-state index contributed by atoms with van der Waals surface area (Å²) < 4.78 is 0. The van der Waals surface area contributed by atoms with Gasteiger partial charge in [-0.05, 0) is 6.42 Å². The zero-order valence-corrected chi connectivity index (χ0v) is 9.05. The van der Waals surface area contributed by atoms with Gasteiger partial charge in [0.05, 0.1) is 0 Å². The summed E-state index contributed by atoms with van der Waals surface area (Å²) in [6, 6.07) is 0. The van der Waals surface area contributed by atoms with E-state index in [9.17, 15) is 0 Å². The molecule has 1 nitrogen and oxygen atoms in total. The Hall–Kier alpha value is 0.804. The summed E-state index contributed by atoms with van der Waals surface area (Å²) in [4.78, 5) is 0. The van der Waals surface area contributed by atoms with Crippen molar-refractivity contribution in [3.8, 4) is 0 Å². The van der Waals surface area contributed by atoms with Gasteiger partial charge in [0.2, 0.25) is 0 Å². The first-order chi connectivity index (χ1) is 4.34. The average molecular weight is 212 g/mol. The van der Waals surface area contributed by atoms with E-state index in [4.69, 9.17) is 5.73 Å². The van der Waals surface area contributed by atoms with Crippen molar-refractivity contribution < 1.29 is 32.7 Å². The van der Waals surface area contributed by atoms with E-state index in [0.717, 1.165) is 6.42 Å². The van der Waals surface area contributed by atoms with Crippen molar-refractivity contribution in [1.29, 1.82) is 0 Å². The van der Waals surface area contributed by atoms with Crippen LogP contribution in [0.25, 0.3) is 5.73 Å². The molecule has 0 aliphatic heterocycles. The van der Waals surface area contributed by atoms with E-state index in [2.05, 4.69) is 19.1 Å². The van der Waals surface area contributed by atoms with Gasteiger partial charge >= 0.3 is 0 Å². The number of hydrogen-bond donors (Lipinski definition) is 0. The predicted octanol–water partition coefficient (Wildman–Crippen LogP) is 2.45. The Bertz CT molecular complexity index is 112. The Balaban J connectivity index is 0.000000810. The van der Waals surface area contributed by atoms with Crippen molar-refractivity contribution in [3.63, 3.8) is 0 Å². The first-order valence-electron chi connectivity index (χ1n) is 3.49. The molecule has 0 saturated heterocycles. The van der Waals surface area contributed by atoms with E-state index in [0.29, 0.717) is 18.4 Å². The summed E-state index contributed by atoms with van der Waals surface area (Å²) >= 11 is 0. The number of nitrogens with one attached hydrogen (secondary N) is 1. The molecule has 0 saturated carbocycles. The molecule has 1 radical (unpaired) electrons. The minimum Gasteiger partial charge on any atom is -0.677 e. The summed E-state index contributed by atoms with van der Waals surface area (Å²) in [5, 5.41) is 0. The maximum Gasteiger partial charge on any atom is 0 e. The van der Waals surface area contributed by atoms with Crippen molar-refractivity contribution in [2.75, 3.05) is 6.54 Å². The van der Waals surface area contributed by atoms with Crippen LogP contribution in [0.2, 0.25) is 0 Å². The Morgan fingerprint density at radius 2 is 2.30 bits per heavy atom. The maximum absolute atomic E-state index is 7.14. The van der Waals surface area contributed by atoms with E-state index in [-0.39, 0.29) is 32.7 Å². The van der Waals surface area contributed by atoms with Gasteiger partial charge in [-0.25, -0.2) is 0 Å². The fourth-order valence-corrected chi connectivity index (χ4v) is 1.19. The summed E-state index contributed by atoms with van der Waals surface area (Å²) in [7, 11) is 0. The van der Waals surface area contributed by atoms with Crippen molar-refractivity contribution in [3.05, 3.63) is 24.8 Å². The van der Waals surface area contributed by atoms with Crippen LogP contribution in [0.1, 0.15) is 12.8 Å². The zero-order chi connectivity index (χ0) is 6.69. The second-order valence-corrected chi connectivity index (χ2v) is 2.63. The second-order valence-electron chi connectivity index (χ2n) is 2.63. The van der Waals surface area contributed by atoms with Crippen LogP contribution in [0.4, 0.5) is 0 Å². The summed E-state index contributed by atoms with van der Waals surface area (Å²) in [6.07, 6.45) is 6.62. The molecule has 2 atom stereocenters. The molecule has 0 amide bonds. The first kappa shape index (κ1) is 10.8. The SMILES string of the molecule is [CH2-]C1CCC=CC1C[NH-].[Y]. The Kier molecular flexibility index (Phi) is 5.89. The second kappa shape index (κ2) is 5.45. The maximum atomic E-state index is 7.14. The zero-order valence-electron chi connectivity index (χ0n) is 6.22. The molecule has 0 aromatic carbocycles. The third kappa shape index (κ3) is 2.81. The first-order valence-corrected chi connectivity index (χ1v) is 3.49. The monoisotopic (exact) mass is 212 g/mol. The van der Waals surface area contributed by atoms with E-state index in [1.165, 1.54) is 6.42 Å². The molecule has 1 aliphatic rings. The number of allylic oxidation sites excluding steroid dienone is 1.